The van der Waals surface area contributed by atoms with Crippen LogP contribution < -0.4 is 0 Å². The van der Waals surface area contributed by atoms with E-state index in [1.807, 2.05) is 6.07 Å². The Morgan fingerprint density at radius 1 is 0.327 bits per heavy atom. The average molecular weight is 702 g/mol. The molecular weight excluding hydrogens is 667 g/mol. The van der Waals surface area contributed by atoms with Gasteiger partial charge >= 0.3 is 0 Å². The highest BCUT2D eigenvalue weighted by molar-refractivity contribution is 6.14. The van der Waals surface area contributed by atoms with Crippen molar-refractivity contribution in [2.75, 3.05) is 0 Å². The lowest BCUT2D eigenvalue weighted by Crippen LogP contribution is -1.99. The highest BCUT2D eigenvalue weighted by atomic mass is 15.1. The Bertz CT molecular complexity index is 2950. The van der Waals surface area contributed by atoms with Gasteiger partial charge in [-0.05, 0) is 80.9 Å². The van der Waals surface area contributed by atoms with Crippen molar-refractivity contribution in [3.63, 3.8) is 0 Å². The fraction of sp³-hybridized carbons (Fsp3) is 0. The van der Waals surface area contributed by atoms with Crippen LogP contribution in [0.1, 0.15) is 0 Å². The van der Waals surface area contributed by atoms with E-state index in [1.165, 1.54) is 27.8 Å². The summed E-state index contributed by atoms with van der Waals surface area (Å²) in [5.74, 6) is 0.688. The van der Waals surface area contributed by atoms with Gasteiger partial charge in [0.25, 0.3) is 0 Å². The van der Waals surface area contributed by atoms with Crippen molar-refractivity contribution >= 4 is 21.9 Å². The van der Waals surface area contributed by atoms with Gasteiger partial charge in [-0.3, -0.25) is 4.57 Å². The van der Waals surface area contributed by atoms with Crippen LogP contribution in [0.25, 0.3) is 94.8 Å². The van der Waals surface area contributed by atoms with E-state index < -0.39 is 0 Å². The summed E-state index contributed by atoms with van der Waals surface area (Å²) in [5.41, 5.74) is 15.4. The van der Waals surface area contributed by atoms with Crippen LogP contribution in [0.15, 0.2) is 212 Å². The van der Waals surface area contributed by atoms with Gasteiger partial charge in [0.05, 0.1) is 16.6 Å². The molecule has 0 N–H and O–H groups in total. The van der Waals surface area contributed by atoms with E-state index >= 15 is 0 Å². The zero-order valence-electron chi connectivity index (χ0n) is 30.0. The highest BCUT2D eigenvalue weighted by Gasteiger charge is 2.21. The van der Waals surface area contributed by atoms with Gasteiger partial charge in [-0.1, -0.05) is 176 Å². The smallest absolute Gasteiger partial charge is 0.162 e. The lowest BCUT2D eigenvalue weighted by atomic mass is 9.90. The molecule has 0 atom stereocenters. The SMILES string of the molecule is c1ccc(-c2ccc(-c3cccc(-c4cccc(-c5nc(-c6ccccc6)c6c7ccccc7n(-c7ccccc7)c6n5)c4)c3)cc2-c2ccccc2)cc1. The summed E-state index contributed by atoms with van der Waals surface area (Å²) >= 11 is 0. The maximum atomic E-state index is 5.37. The maximum Gasteiger partial charge on any atom is 0.162 e. The molecule has 3 nitrogen and oxygen atoms in total. The van der Waals surface area contributed by atoms with Gasteiger partial charge in [-0.2, -0.15) is 0 Å². The van der Waals surface area contributed by atoms with Crippen LogP contribution in [-0.2, 0) is 0 Å². The second kappa shape index (κ2) is 13.9. The largest absolute Gasteiger partial charge is 0.294 e. The van der Waals surface area contributed by atoms with Crippen molar-refractivity contribution in [1.82, 2.24) is 14.5 Å². The number of benzene rings is 8. The summed E-state index contributed by atoms with van der Waals surface area (Å²) in [6, 6.07) is 75.1. The predicted molar refractivity (Wildman–Crippen MR) is 229 cm³/mol. The van der Waals surface area contributed by atoms with Crippen LogP contribution >= 0.6 is 0 Å². The van der Waals surface area contributed by atoms with Crippen molar-refractivity contribution in [3.05, 3.63) is 212 Å². The molecule has 0 unspecified atom stereocenters. The van der Waals surface area contributed by atoms with E-state index in [4.69, 9.17) is 9.97 Å². The molecule has 10 aromatic rings. The lowest BCUT2D eigenvalue weighted by molar-refractivity contribution is 1.11. The molecule has 10 rings (SSSR count). The Labute approximate surface area is 320 Å². The van der Waals surface area contributed by atoms with Gasteiger partial charge in [-0.25, -0.2) is 9.97 Å². The van der Waals surface area contributed by atoms with Gasteiger partial charge < -0.3 is 0 Å². The highest BCUT2D eigenvalue weighted by Crippen LogP contribution is 2.40. The molecule has 0 radical (unpaired) electrons. The summed E-state index contributed by atoms with van der Waals surface area (Å²) in [4.78, 5) is 10.7. The van der Waals surface area contributed by atoms with E-state index in [0.29, 0.717) is 5.82 Å². The van der Waals surface area contributed by atoms with Crippen molar-refractivity contribution in [1.29, 1.82) is 0 Å². The van der Waals surface area contributed by atoms with E-state index in [-0.39, 0.29) is 0 Å². The quantitative estimate of drug-likeness (QED) is 0.166. The Balaban J connectivity index is 1.10. The molecule has 0 fully saturated rings. The number of rotatable bonds is 7. The molecule has 0 bridgehead atoms. The van der Waals surface area contributed by atoms with Crippen molar-refractivity contribution < 1.29 is 0 Å². The fourth-order valence-electron chi connectivity index (χ4n) is 7.79. The monoisotopic (exact) mass is 701 g/mol. The number of para-hydroxylation sites is 2. The molecule has 0 saturated heterocycles. The van der Waals surface area contributed by atoms with E-state index in [1.54, 1.807) is 0 Å². The third-order valence-corrected chi connectivity index (χ3v) is 10.4. The average Bonchev–Trinajstić information content (AvgIpc) is 3.61. The minimum atomic E-state index is 0.688. The molecular formula is C52H35N3. The van der Waals surface area contributed by atoms with Crippen molar-refractivity contribution in [3.8, 4) is 72.8 Å². The predicted octanol–water partition coefficient (Wildman–Crippen LogP) is 13.6. The second-order valence-electron chi connectivity index (χ2n) is 13.8. The van der Waals surface area contributed by atoms with Gasteiger partial charge in [0, 0.05) is 22.2 Å². The van der Waals surface area contributed by atoms with Gasteiger partial charge in [-0.15, -0.1) is 0 Å². The molecule has 2 heterocycles. The molecule has 0 spiro atoms. The van der Waals surface area contributed by atoms with Gasteiger partial charge in [0.15, 0.2) is 5.82 Å². The lowest BCUT2D eigenvalue weighted by Gasteiger charge is -2.14. The number of hydrogen-bond donors (Lipinski definition) is 0. The van der Waals surface area contributed by atoms with Crippen LogP contribution in [0.2, 0.25) is 0 Å². The molecule has 8 aromatic carbocycles. The summed E-state index contributed by atoms with van der Waals surface area (Å²) in [6.45, 7) is 0. The van der Waals surface area contributed by atoms with Crippen molar-refractivity contribution in [2.24, 2.45) is 0 Å². The molecule has 0 aliphatic rings. The van der Waals surface area contributed by atoms with Gasteiger partial charge in [0.2, 0.25) is 0 Å². The third kappa shape index (κ3) is 5.98. The first-order valence-electron chi connectivity index (χ1n) is 18.7. The zero-order valence-corrected chi connectivity index (χ0v) is 30.0. The first kappa shape index (κ1) is 32.3. The fourth-order valence-corrected chi connectivity index (χ4v) is 7.79. The molecule has 258 valence electrons. The van der Waals surface area contributed by atoms with Crippen LogP contribution in [0.3, 0.4) is 0 Å². The first-order valence-corrected chi connectivity index (χ1v) is 18.7. The molecule has 0 amide bonds. The minimum Gasteiger partial charge on any atom is -0.294 e. The van der Waals surface area contributed by atoms with E-state index in [0.717, 1.165) is 61.1 Å². The van der Waals surface area contributed by atoms with Crippen LogP contribution in [0.4, 0.5) is 0 Å². The normalized spacial score (nSPS) is 11.3. The Morgan fingerprint density at radius 2 is 0.818 bits per heavy atom. The molecule has 0 aliphatic heterocycles. The summed E-state index contributed by atoms with van der Waals surface area (Å²) in [5, 5.41) is 2.18. The van der Waals surface area contributed by atoms with E-state index in [9.17, 15) is 0 Å². The summed E-state index contributed by atoms with van der Waals surface area (Å²) in [6.07, 6.45) is 0. The topological polar surface area (TPSA) is 30.7 Å². The number of hydrogen-bond acceptors (Lipinski definition) is 2. The number of aromatic nitrogens is 3. The zero-order chi connectivity index (χ0) is 36.6. The van der Waals surface area contributed by atoms with Crippen LogP contribution in [0.5, 0.6) is 0 Å². The Morgan fingerprint density at radius 3 is 1.47 bits per heavy atom. The first-order chi connectivity index (χ1) is 27.3. The molecule has 0 saturated carbocycles. The second-order valence-corrected chi connectivity index (χ2v) is 13.8. The number of nitrogens with zero attached hydrogens (tertiary/aromatic N) is 3. The maximum absolute atomic E-state index is 5.37. The van der Waals surface area contributed by atoms with Crippen LogP contribution in [-0.4, -0.2) is 14.5 Å². The van der Waals surface area contributed by atoms with Crippen molar-refractivity contribution in [2.45, 2.75) is 0 Å². The van der Waals surface area contributed by atoms with Crippen LogP contribution in [0, 0.1) is 0 Å². The molecule has 55 heavy (non-hydrogen) atoms. The summed E-state index contributed by atoms with van der Waals surface area (Å²) in [7, 11) is 0. The molecule has 2 aromatic heterocycles. The third-order valence-electron chi connectivity index (χ3n) is 10.4. The van der Waals surface area contributed by atoms with E-state index in [2.05, 4.69) is 211 Å². The summed E-state index contributed by atoms with van der Waals surface area (Å²) < 4.78 is 2.27. The van der Waals surface area contributed by atoms with Gasteiger partial charge in [0.1, 0.15) is 5.65 Å². The Kier molecular flexibility index (Phi) is 8.16. The standard InChI is InChI=1S/C52H35N3/c1-5-17-36(18-6-1)45-32-31-42(35-47(45)37-19-7-2-8-20-37)40-24-15-23-39(33-40)41-25-16-26-43(34-41)51-53-50(38-21-9-3-10-22-38)49-46-29-13-14-30-48(46)55(52(49)54-51)44-27-11-4-12-28-44/h1-35H. The minimum absolute atomic E-state index is 0.688. The Hall–Kier alpha value is -7.36. The molecule has 3 heteroatoms. The number of fused-ring (bicyclic) bond motifs is 3. The molecule has 0 aliphatic carbocycles.